The molecule has 0 fully saturated rings. The SMILES string of the molecule is Cc1ncc(S(=O)(=O)N(CC(N)=O)CC(=O)O)s1. The predicted octanol–water partition coefficient (Wildman–Crippen LogP) is -0.988. The summed E-state index contributed by atoms with van der Waals surface area (Å²) in [6.07, 6.45) is 1.12. The molecule has 1 rings (SSSR count). The number of aromatic nitrogens is 1. The molecular formula is C8H11N3O5S2. The maximum absolute atomic E-state index is 12.0. The molecule has 0 saturated heterocycles. The van der Waals surface area contributed by atoms with E-state index in [1.807, 2.05) is 0 Å². The Morgan fingerprint density at radius 3 is 2.50 bits per heavy atom. The minimum atomic E-state index is -4.06. The number of aliphatic carboxylic acids is 1. The number of nitrogens with zero attached hydrogens (tertiary/aromatic N) is 2. The minimum Gasteiger partial charge on any atom is -0.480 e. The molecular weight excluding hydrogens is 282 g/mol. The molecule has 0 aliphatic carbocycles. The highest BCUT2D eigenvalue weighted by molar-refractivity contribution is 7.91. The van der Waals surface area contributed by atoms with Crippen LogP contribution in [0.15, 0.2) is 10.4 Å². The number of thiazole rings is 1. The third-order valence-electron chi connectivity index (χ3n) is 1.84. The average molecular weight is 293 g/mol. The molecule has 1 heterocycles. The Kier molecular flexibility index (Phi) is 4.38. The number of sulfonamides is 1. The number of carboxylic acid groups (broad SMARTS) is 1. The van der Waals surface area contributed by atoms with E-state index in [0.29, 0.717) is 9.31 Å². The summed E-state index contributed by atoms with van der Waals surface area (Å²) < 4.78 is 24.5. The summed E-state index contributed by atoms with van der Waals surface area (Å²) in [5.74, 6) is -2.30. The smallest absolute Gasteiger partial charge is 0.318 e. The quantitative estimate of drug-likeness (QED) is 0.692. The molecule has 100 valence electrons. The van der Waals surface area contributed by atoms with Crippen molar-refractivity contribution in [1.29, 1.82) is 0 Å². The van der Waals surface area contributed by atoms with E-state index in [4.69, 9.17) is 10.8 Å². The first-order chi connectivity index (χ1) is 8.23. The molecule has 1 aromatic rings. The van der Waals surface area contributed by atoms with Crippen LogP contribution in [0.5, 0.6) is 0 Å². The fourth-order valence-corrected chi connectivity index (χ4v) is 3.76. The van der Waals surface area contributed by atoms with Crippen molar-refractivity contribution in [3.63, 3.8) is 0 Å². The lowest BCUT2D eigenvalue weighted by atomic mass is 10.5. The summed E-state index contributed by atoms with van der Waals surface area (Å²) in [4.78, 5) is 25.2. The first-order valence-corrected chi connectivity index (χ1v) is 6.92. The molecule has 3 N–H and O–H groups in total. The summed E-state index contributed by atoms with van der Waals surface area (Å²) in [6, 6.07) is 0. The number of carbonyl (C=O) groups excluding carboxylic acids is 1. The first-order valence-electron chi connectivity index (χ1n) is 4.66. The average Bonchev–Trinajstić information content (AvgIpc) is 2.63. The Balaban J connectivity index is 3.10. The molecule has 0 radical (unpaired) electrons. The Morgan fingerprint density at radius 1 is 1.50 bits per heavy atom. The standard InChI is InChI=1S/C8H11N3O5S2/c1-5-10-2-8(17-5)18(15,16)11(3-6(9)12)4-7(13)14/h2H,3-4H2,1H3,(H2,9,12)(H,13,14). The molecule has 10 heteroatoms. The van der Waals surface area contributed by atoms with E-state index in [2.05, 4.69) is 4.98 Å². The molecule has 1 amide bonds. The fraction of sp³-hybridized carbons (Fsp3) is 0.375. The highest BCUT2D eigenvalue weighted by atomic mass is 32.2. The van der Waals surface area contributed by atoms with Gasteiger partial charge in [-0.05, 0) is 6.92 Å². The van der Waals surface area contributed by atoms with Gasteiger partial charge in [-0.2, -0.15) is 4.31 Å². The van der Waals surface area contributed by atoms with Crippen LogP contribution < -0.4 is 5.73 Å². The molecule has 0 aromatic carbocycles. The summed E-state index contributed by atoms with van der Waals surface area (Å²) >= 11 is 0.891. The summed E-state index contributed by atoms with van der Waals surface area (Å²) in [7, 11) is -4.06. The van der Waals surface area contributed by atoms with Crippen LogP contribution in [0.25, 0.3) is 0 Å². The van der Waals surface area contributed by atoms with Crippen LogP contribution in [0.2, 0.25) is 0 Å². The van der Waals surface area contributed by atoms with Gasteiger partial charge in [0.1, 0.15) is 6.54 Å². The molecule has 0 bridgehead atoms. The van der Waals surface area contributed by atoms with E-state index in [9.17, 15) is 18.0 Å². The maximum atomic E-state index is 12.0. The maximum Gasteiger partial charge on any atom is 0.318 e. The second-order valence-corrected chi connectivity index (χ2v) is 6.73. The molecule has 0 aliphatic rings. The first kappa shape index (κ1) is 14.5. The molecule has 0 spiro atoms. The van der Waals surface area contributed by atoms with E-state index in [0.717, 1.165) is 17.5 Å². The van der Waals surface area contributed by atoms with Crippen LogP contribution >= 0.6 is 11.3 Å². The van der Waals surface area contributed by atoms with Gasteiger partial charge in [0.25, 0.3) is 10.0 Å². The monoisotopic (exact) mass is 293 g/mol. The number of carbonyl (C=O) groups is 2. The summed E-state index contributed by atoms with van der Waals surface area (Å²) in [6.45, 7) is 0.0904. The Hall–Kier alpha value is -1.52. The summed E-state index contributed by atoms with van der Waals surface area (Å²) in [5.41, 5.74) is 4.90. The van der Waals surface area contributed by atoms with E-state index >= 15 is 0 Å². The van der Waals surface area contributed by atoms with Crippen LogP contribution in [-0.4, -0.2) is 47.8 Å². The number of primary amides is 1. The van der Waals surface area contributed by atoms with Gasteiger partial charge in [-0.25, -0.2) is 13.4 Å². The van der Waals surface area contributed by atoms with E-state index in [-0.39, 0.29) is 4.21 Å². The lowest BCUT2D eigenvalue weighted by Crippen LogP contribution is -2.41. The largest absolute Gasteiger partial charge is 0.480 e. The van der Waals surface area contributed by atoms with Crippen molar-refractivity contribution in [3.8, 4) is 0 Å². The Labute approximate surface area is 107 Å². The number of carboxylic acids is 1. The van der Waals surface area contributed by atoms with Crippen molar-refractivity contribution < 1.29 is 23.1 Å². The van der Waals surface area contributed by atoms with Crippen LogP contribution in [0.4, 0.5) is 0 Å². The highest BCUT2D eigenvalue weighted by Gasteiger charge is 2.29. The van der Waals surface area contributed by atoms with Crippen LogP contribution in [0.1, 0.15) is 5.01 Å². The number of hydrogen-bond acceptors (Lipinski definition) is 6. The lowest BCUT2D eigenvalue weighted by molar-refractivity contribution is -0.137. The minimum absolute atomic E-state index is 0.123. The second kappa shape index (κ2) is 5.42. The number of hydrogen-bond donors (Lipinski definition) is 2. The van der Waals surface area contributed by atoms with Gasteiger partial charge in [0, 0.05) is 0 Å². The van der Waals surface area contributed by atoms with E-state index in [1.165, 1.54) is 0 Å². The molecule has 18 heavy (non-hydrogen) atoms. The van der Waals surface area contributed by atoms with Gasteiger partial charge in [0.2, 0.25) is 5.91 Å². The zero-order chi connectivity index (χ0) is 13.9. The van der Waals surface area contributed by atoms with E-state index < -0.39 is 35.0 Å². The number of rotatable bonds is 6. The van der Waals surface area contributed by atoms with Crippen molar-refractivity contribution in [1.82, 2.24) is 9.29 Å². The molecule has 0 unspecified atom stereocenters. The number of amides is 1. The van der Waals surface area contributed by atoms with Gasteiger partial charge in [0.05, 0.1) is 17.7 Å². The van der Waals surface area contributed by atoms with Crippen molar-refractivity contribution in [3.05, 3.63) is 11.2 Å². The van der Waals surface area contributed by atoms with Crippen LogP contribution in [0, 0.1) is 6.92 Å². The van der Waals surface area contributed by atoms with Gasteiger partial charge in [-0.1, -0.05) is 0 Å². The van der Waals surface area contributed by atoms with Crippen LogP contribution in [-0.2, 0) is 19.6 Å². The molecule has 0 aliphatic heterocycles. The van der Waals surface area contributed by atoms with Gasteiger partial charge >= 0.3 is 5.97 Å². The van der Waals surface area contributed by atoms with Crippen molar-refractivity contribution in [2.75, 3.05) is 13.1 Å². The summed E-state index contributed by atoms with van der Waals surface area (Å²) in [5, 5.41) is 9.16. The van der Waals surface area contributed by atoms with Crippen molar-refractivity contribution in [2.45, 2.75) is 11.1 Å². The van der Waals surface area contributed by atoms with Gasteiger partial charge in [0.15, 0.2) is 4.21 Å². The number of nitrogens with two attached hydrogens (primary N) is 1. The topological polar surface area (TPSA) is 131 Å². The van der Waals surface area contributed by atoms with Gasteiger partial charge in [-0.3, -0.25) is 9.59 Å². The van der Waals surface area contributed by atoms with E-state index in [1.54, 1.807) is 6.92 Å². The Bertz CT molecular complexity index is 549. The molecule has 0 saturated carbocycles. The molecule has 1 aromatic heterocycles. The molecule has 0 atom stereocenters. The highest BCUT2D eigenvalue weighted by Crippen LogP contribution is 2.21. The lowest BCUT2D eigenvalue weighted by Gasteiger charge is -2.17. The van der Waals surface area contributed by atoms with Crippen molar-refractivity contribution in [2.24, 2.45) is 5.73 Å². The normalized spacial score (nSPS) is 11.7. The van der Waals surface area contributed by atoms with Crippen LogP contribution in [0.3, 0.4) is 0 Å². The van der Waals surface area contributed by atoms with Crippen molar-refractivity contribution >= 4 is 33.2 Å². The van der Waals surface area contributed by atoms with Gasteiger partial charge in [-0.15, -0.1) is 11.3 Å². The Morgan fingerprint density at radius 2 is 2.11 bits per heavy atom. The zero-order valence-corrected chi connectivity index (χ0v) is 11.0. The zero-order valence-electron chi connectivity index (χ0n) is 9.36. The third kappa shape index (κ3) is 3.48. The fourth-order valence-electron chi connectivity index (χ4n) is 1.14. The second-order valence-electron chi connectivity index (χ2n) is 3.33. The van der Waals surface area contributed by atoms with Gasteiger partial charge < -0.3 is 10.8 Å². The number of aryl methyl sites for hydroxylation is 1. The third-order valence-corrected chi connectivity index (χ3v) is 4.98. The predicted molar refractivity (Wildman–Crippen MR) is 62.4 cm³/mol. The molecule has 8 nitrogen and oxygen atoms in total.